The Balaban J connectivity index is 1.66. The van der Waals surface area contributed by atoms with E-state index >= 15 is 0 Å². The third kappa shape index (κ3) is 4.28. The summed E-state index contributed by atoms with van der Waals surface area (Å²) in [4.78, 5) is 18.3. The fourth-order valence-corrected chi connectivity index (χ4v) is 5.02. The SMILES string of the molecule is O=C(Nc1ncc(C2CCNCC2)s1)c1sccc1SC(F)F. The van der Waals surface area contributed by atoms with Crippen LogP contribution in [0.1, 0.15) is 33.3 Å². The van der Waals surface area contributed by atoms with Gasteiger partial charge >= 0.3 is 0 Å². The third-order valence-electron chi connectivity index (χ3n) is 3.54. The van der Waals surface area contributed by atoms with E-state index < -0.39 is 5.76 Å². The zero-order valence-corrected chi connectivity index (χ0v) is 14.5. The largest absolute Gasteiger partial charge is 0.317 e. The van der Waals surface area contributed by atoms with Gasteiger partial charge in [0.1, 0.15) is 4.88 Å². The monoisotopic (exact) mass is 375 g/mol. The molecule has 9 heteroatoms. The van der Waals surface area contributed by atoms with Crippen LogP contribution < -0.4 is 10.6 Å². The summed E-state index contributed by atoms with van der Waals surface area (Å²) in [5.41, 5.74) is 0. The Morgan fingerprint density at radius 1 is 1.43 bits per heavy atom. The molecule has 1 aliphatic heterocycles. The average molecular weight is 375 g/mol. The molecule has 23 heavy (non-hydrogen) atoms. The molecule has 124 valence electrons. The molecule has 3 rings (SSSR count). The molecule has 4 nitrogen and oxygen atoms in total. The highest BCUT2D eigenvalue weighted by molar-refractivity contribution is 7.99. The predicted molar refractivity (Wildman–Crippen MR) is 91.1 cm³/mol. The van der Waals surface area contributed by atoms with Crippen molar-refractivity contribution in [1.29, 1.82) is 0 Å². The van der Waals surface area contributed by atoms with Crippen molar-refractivity contribution in [3.63, 3.8) is 0 Å². The van der Waals surface area contributed by atoms with Crippen molar-refractivity contribution < 1.29 is 13.6 Å². The van der Waals surface area contributed by atoms with Crippen LogP contribution in [0.4, 0.5) is 13.9 Å². The lowest BCUT2D eigenvalue weighted by Crippen LogP contribution is -2.26. The number of hydrogen-bond acceptors (Lipinski definition) is 6. The fraction of sp³-hybridized carbons (Fsp3) is 0.429. The van der Waals surface area contributed by atoms with Crippen molar-refractivity contribution in [3.05, 3.63) is 27.4 Å². The van der Waals surface area contributed by atoms with Gasteiger partial charge in [0.2, 0.25) is 0 Å². The number of thiazole rings is 1. The summed E-state index contributed by atoms with van der Waals surface area (Å²) < 4.78 is 25.0. The topological polar surface area (TPSA) is 54.0 Å². The zero-order valence-electron chi connectivity index (χ0n) is 12.1. The zero-order chi connectivity index (χ0) is 16.2. The summed E-state index contributed by atoms with van der Waals surface area (Å²) in [6.45, 7) is 1.99. The van der Waals surface area contributed by atoms with Crippen LogP contribution >= 0.6 is 34.4 Å². The van der Waals surface area contributed by atoms with Gasteiger partial charge in [-0.15, -0.1) is 22.7 Å². The van der Waals surface area contributed by atoms with E-state index in [1.807, 2.05) is 0 Å². The smallest absolute Gasteiger partial charge is 0.288 e. The second-order valence-electron chi connectivity index (χ2n) is 5.04. The number of carbonyl (C=O) groups is 1. The normalized spacial score (nSPS) is 16.0. The molecule has 3 heterocycles. The second-order valence-corrected chi connectivity index (χ2v) is 8.05. The summed E-state index contributed by atoms with van der Waals surface area (Å²) in [6.07, 6.45) is 3.94. The molecule has 0 saturated carbocycles. The molecule has 0 aromatic carbocycles. The Morgan fingerprint density at radius 2 is 2.22 bits per heavy atom. The molecule has 0 unspecified atom stereocenters. The Labute approximate surface area is 144 Å². The first-order valence-electron chi connectivity index (χ1n) is 7.13. The summed E-state index contributed by atoms with van der Waals surface area (Å²) in [7, 11) is 0. The number of rotatable bonds is 5. The highest BCUT2D eigenvalue weighted by Crippen LogP contribution is 2.34. The number of nitrogens with zero attached hydrogens (tertiary/aromatic N) is 1. The predicted octanol–water partition coefficient (Wildman–Crippen LogP) is 4.24. The Kier molecular flexibility index (Phi) is 5.62. The van der Waals surface area contributed by atoms with Crippen molar-refractivity contribution in [2.75, 3.05) is 18.4 Å². The minimum Gasteiger partial charge on any atom is -0.317 e. The second kappa shape index (κ2) is 7.69. The van der Waals surface area contributed by atoms with Gasteiger partial charge in [-0.1, -0.05) is 11.8 Å². The molecule has 0 radical (unpaired) electrons. The number of amides is 1. The molecule has 0 atom stereocenters. The molecule has 1 aliphatic rings. The van der Waals surface area contributed by atoms with Crippen molar-refractivity contribution in [3.8, 4) is 0 Å². The van der Waals surface area contributed by atoms with E-state index in [-0.39, 0.29) is 5.91 Å². The maximum absolute atomic E-state index is 12.5. The van der Waals surface area contributed by atoms with Crippen LogP contribution in [-0.4, -0.2) is 29.7 Å². The summed E-state index contributed by atoms with van der Waals surface area (Å²) in [5, 5.41) is 8.20. The van der Waals surface area contributed by atoms with Gasteiger partial charge < -0.3 is 5.32 Å². The number of thioether (sulfide) groups is 1. The van der Waals surface area contributed by atoms with E-state index in [2.05, 4.69) is 15.6 Å². The number of hydrogen-bond donors (Lipinski definition) is 2. The Hall–Kier alpha value is -1.03. The lowest BCUT2D eigenvalue weighted by atomic mass is 9.97. The van der Waals surface area contributed by atoms with Crippen LogP contribution in [0.25, 0.3) is 0 Å². The first kappa shape index (κ1) is 16.8. The number of thiophene rings is 1. The maximum Gasteiger partial charge on any atom is 0.288 e. The van der Waals surface area contributed by atoms with Crippen LogP contribution in [-0.2, 0) is 0 Å². The number of carbonyl (C=O) groups excluding carboxylic acids is 1. The maximum atomic E-state index is 12.5. The first-order chi connectivity index (χ1) is 11.1. The lowest BCUT2D eigenvalue weighted by Gasteiger charge is -2.20. The third-order valence-corrected chi connectivity index (χ3v) is 6.43. The quantitative estimate of drug-likeness (QED) is 0.768. The fourth-order valence-electron chi connectivity index (χ4n) is 2.45. The van der Waals surface area contributed by atoms with Crippen molar-refractivity contribution in [2.45, 2.75) is 29.4 Å². The highest BCUT2D eigenvalue weighted by Gasteiger charge is 2.20. The summed E-state index contributed by atoms with van der Waals surface area (Å²) >= 11 is 3.01. The average Bonchev–Trinajstić information content (AvgIpc) is 3.17. The van der Waals surface area contributed by atoms with Crippen molar-refractivity contribution >= 4 is 45.5 Å². The van der Waals surface area contributed by atoms with E-state index in [0.29, 0.717) is 32.6 Å². The van der Waals surface area contributed by atoms with Crippen molar-refractivity contribution in [1.82, 2.24) is 10.3 Å². The number of alkyl halides is 2. The molecule has 0 spiro atoms. The van der Waals surface area contributed by atoms with E-state index in [9.17, 15) is 13.6 Å². The number of halogens is 2. The summed E-state index contributed by atoms with van der Waals surface area (Å²) in [5.74, 6) is -2.44. The lowest BCUT2D eigenvalue weighted by molar-refractivity contribution is 0.102. The number of anilines is 1. The Bertz CT molecular complexity index is 668. The van der Waals surface area contributed by atoms with E-state index in [0.717, 1.165) is 42.1 Å². The molecule has 1 fully saturated rings. The van der Waals surface area contributed by atoms with Crippen LogP contribution in [0.5, 0.6) is 0 Å². The van der Waals surface area contributed by atoms with Gasteiger partial charge in [-0.2, -0.15) is 8.78 Å². The standard InChI is InChI=1S/C14H15F2N3OS3/c15-13(16)22-9-3-6-21-11(9)12(20)19-14-18-7-10(23-14)8-1-4-17-5-2-8/h3,6-8,13,17H,1-2,4-5H2,(H,18,19,20). The molecular formula is C14H15F2N3OS3. The minimum atomic E-state index is -2.54. The van der Waals surface area contributed by atoms with Gasteiger partial charge in [-0.3, -0.25) is 10.1 Å². The molecule has 1 amide bonds. The summed E-state index contributed by atoms with van der Waals surface area (Å²) in [6, 6.07) is 1.54. The van der Waals surface area contributed by atoms with Crippen LogP contribution in [0.3, 0.4) is 0 Å². The minimum absolute atomic E-state index is 0.300. The molecule has 2 N–H and O–H groups in total. The number of nitrogens with one attached hydrogen (secondary N) is 2. The molecular weight excluding hydrogens is 360 g/mol. The number of piperidine rings is 1. The van der Waals surface area contributed by atoms with Gasteiger partial charge in [0.25, 0.3) is 11.7 Å². The molecule has 2 aromatic heterocycles. The van der Waals surface area contributed by atoms with Crippen LogP contribution in [0.15, 0.2) is 22.5 Å². The molecule has 0 aliphatic carbocycles. The van der Waals surface area contributed by atoms with Crippen LogP contribution in [0, 0.1) is 0 Å². The molecule has 0 bridgehead atoms. The van der Waals surface area contributed by atoms with Crippen LogP contribution in [0.2, 0.25) is 0 Å². The van der Waals surface area contributed by atoms with Gasteiger partial charge in [-0.25, -0.2) is 4.98 Å². The van der Waals surface area contributed by atoms with Gasteiger partial charge in [0.05, 0.1) is 0 Å². The van der Waals surface area contributed by atoms with E-state index in [1.54, 1.807) is 17.6 Å². The first-order valence-corrected chi connectivity index (χ1v) is 9.71. The highest BCUT2D eigenvalue weighted by atomic mass is 32.2. The molecule has 1 saturated heterocycles. The van der Waals surface area contributed by atoms with E-state index in [4.69, 9.17) is 0 Å². The van der Waals surface area contributed by atoms with Gasteiger partial charge in [0, 0.05) is 16.0 Å². The van der Waals surface area contributed by atoms with Gasteiger partial charge in [-0.05, 0) is 43.3 Å². The van der Waals surface area contributed by atoms with E-state index in [1.165, 1.54) is 11.3 Å². The molecule has 2 aromatic rings. The van der Waals surface area contributed by atoms with Gasteiger partial charge in [0.15, 0.2) is 5.13 Å². The Morgan fingerprint density at radius 3 is 2.96 bits per heavy atom. The van der Waals surface area contributed by atoms with Crippen molar-refractivity contribution in [2.24, 2.45) is 0 Å². The number of aromatic nitrogens is 1.